The average Bonchev–Trinajstić information content (AvgIpc) is 2.54. The highest BCUT2D eigenvalue weighted by molar-refractivity contribution is 5.88. The Morgan fingerprint density at radius 2 is 2.14 bits per heavy atom. The number of carboxylic acids is 1. The van der Waals surface area contributed by atoms with Gasteiger partial charge in [0.25, 0.3) is 5.56 Å². The highest BCUT2D eigenvalue weighted by Crippen LogP contribution is 2.16. The first kappa shape index (κ1) is 14.3. The topological polar surface area (TPSA) is 90.7 Å². The quantitative estimate of drug-likeness (QED) is 0.908. The Morgan fingerprint density at radius 1 is 1.36 bits per heavy atom. The van der Waals surface area contributed by atoms with Gasteiger partial charge in [0, 0.05) is 0 Å². The molecular formula is C15H14N2O5. The molecule has 1 aromatic heterocycles. The Morgan fingerprint density at radius 3 is 2.86 bits per heavy atom. The molecule has 0 spiro atoms. The second-order valence-electron chi connectivity index (χ2n) is 4.79. The van der Waals surface area contributed by atoms with Crippen molar-refractivity contribution < 1.29 is 19.4 Å². The fraction of sp³-hybridized carbons (Fsp3) is 0.267. The molecule has 0 amide bonds. The van der Waals surface area contributed by atoms with Gasteiger partial charge in [0.2, 0.25) is 5.75 Å². The van der Waals surface area contributed by atoms with Gasteiger partial charge in [0.1, 0.15) is 19.0 Å². The van der Waals surface area contributed by atoms with E-state index in [1.807, 2.05) is 30.3 Å². The van der Waals surface area contributed by atoms with Crippen LogP contribution in [0.5, 0.6) is 5.75 Å². The maximum absolute atomic E-state index is 12.4. The van der Waals surface area contributed by atoms with Crippen LogP contribution in [0.2, 0.25) is 0 Å². The molecule has 114 valence electrons. The smallest absolute Gasteiger partial charge is 0.358 e. The van der Waals surface area contributed by atoms with Crippen LogP contribution in [-0.4, -0.2) is 27.2 Å². The van der Waals surface area contributed by atoms with Crippen LogP contribution in [0.4, 0.5) is 0 Å². The van der Waals surface area contributed by atoms with Gasteiger partial charge < -0.3 is 14.6 Å². The Labute approximate surface area is 125 Å². The van der Waals surface area contributed by atoms with Crippen molar-refractivity contribution in [2.24, 2.45) is 0 Å². The van der Waals surface area contributed by atoms with E-state index >= 15 is 0 Å². The van der Waals surface area contributed by atoms with Gasteiger partial charge in [-0.05, 0) is 5.56 Å². The Kier molecular flexibility index (Phi) is 3.88. The molecule has 0 saturated heterocycles. The number of carboxylic acid groups (broad SMARTS) is 1. The maximum Gasteiger partial charge on any atom is 0.358 e. The number of rotatable bonds is 4. The van der Waals surface area contributed by atoms with Crippen LogP contribution in [-0.2, 0) is 24.5 Å². The fourth-order valence-corrected chi connectivity index (χ4v) is 2.25. The van der Waals surface area contributed by atoms with Crippen molar-refractivity contribution in [3.8, 4) is 5.75 Å². The second-order valence-corrected chi connectivity index (χ2v) is 4.79. The molecule has 0 bridgehead atoms. The SMILES string of the molecule is O=C(O)c1nc2n(c(=O)c1OCc1ccccc1)CCOC2. The van der Waals surface area contributed by atoms with Crippen LogP contribution in [0, 0.1) is 0 Å². The first-order valence-electron chi connectivity index (χ1n) is 6.78. The molecule has 0 atom stereocenters. The summed E-state index contributed by atoms with van der Waals surface area (Å²) in [5, 5.41) is 9.26. The van der Waals surface area contributed by atoms with Crippen molar-refractivity contribution >= 4 is 5.97 Å². The predicted molar refractivity (Wildman–Crippen MR) is 75.9 cm³/mol. The van der Waals surface area contributed by atoms with E-state index in [0.29, 0.717) is 19.0 Å². The molecule has 0 radical (unpaired) electrons. The maximum atomic E-state index is 12.4. The Bertz CT molecular complexity index is 755. The van der Waals surface area contributed by atoms with Gasteiger partial charge >= 0.3 is 5.97 Å². The van der Waals surface area contributed by atoms with Gasteiger partial charge in [-0.1, -0.05) is 30.3 Å². The third-order valence-corrected chi connectivity index (χ3v) is 3.33. The van der Waals surface area contributed by atoms with Gasteiger partial charge in [-0.25, -0.2) is 9.78 Å². The van der Waals surface area contributed by atoms with E-state index in [9.17, 15) is 14.7 Å². The molecular weight excluding hydrogens is 288 g/mol. The first-order chi connectivity index (χ1) is 10.7. The number of aromatic carboxylic acids is 1. The van der Waals surface area contributed by atoms with Crippen LogP contribution in [0.1, 0.15) is 21.9 Å². The van der Waals surface area contributed by atoms with Gasteiger partial charge in [-0.15, -0.1) is 0 Å². The lowest BCUT2D eigenvalue weighted by atomic mass is 10.2. The second kappa shape index (κ2) is 5.98. The summed E-state index contributed by atoms with van der Waals surface area (Å²) >= 11 is 0. The van der Waals surface area contributed by atoms with Crippen LogP contribution in [0.15, 0.2) is 35.1 Å². The van der Waals surface area contributed by atoms with Crippen molar-refractivity contribution in [2.75, 3.05) is 6.61 Å². The molecule has 2 heterocycles. The van der Waals surface area contributed by atoms with Gasteiger partial charge in [-0.2, -0.15) is 0 Å². The van der Waals surface area contributed by atoms with E-state index < -0.39 is 11.5 Å². The molecule has 1 aliphatic rings. The van der Waals surface area contributed by atoms with Gasteiger partial charge in [0.15, 0.2) is 5.69 Å². The van der Waals surface area contributed by atoms with E-state index in [4.69, 9.17) is 9.47 Å². The zero-order valence-corrected chi connectivity index (χ0v) is 11.7. The van der Waals surface area contributed by atoms with E-state index in [1.54, 1.807) is 0 Å². The molecule has 1 N–H and O–H groups in total. The third-order valence-electron chi connectivity index (χ3n) is 3.33. The van der Waals surface area contributed by atoms with E-state index in [0.717, 1.165) is 5.56 Å². The third kappa shape index (κ3) is 2.71. The van der Waals surface area contributed by atoms with Gasteiger partial charge in [-0.3, -0.25) is 9.36 Å². The minimum Gasteiger partial charge on any atom is -0.481 e. The highest BCUT2D eigenvalue weighted by atomic mass is 16.5. The number of hydrogen-bond donors (Lipinski definition) is 1. The number of nitrogens with zero attached hydrogens (tertiary/aromatic N) is 2. The molecule has 0 fully saturated rings. The Balaban J connectivity index is 1.98. The van der Waals surface area contributed by atoms with Crippen molar-refractivity contribution in [1.29, 1.82) is 0 Å². The van der Waals surface area contributed by atoms with Crippen LogP contribution in [0.3, 0.4) is 0 Å². The first-order valence-corrected chi connectivity index (χ1v) is 6.78. The summed E-state index contributed by atoms with van der Waals surface area (Å²) in [4.78, 5) is 27.8. The molecule has 7 heteroatoms. The van der Waals surface area contributed by atoms with Crippen LogP contribution >= 0.6 is 0 Å². The molecule has 7 nitrogen and oxygen atoms in total. The van der Waals surface area contributed by atoms with Crippen LogP contribution < -0.4 is 10.3 Å². The standard InChI is InChI=1S/C15H14N2O5/c18-14-13(22-8-10-4-2-1-3-5-10)12(15(19)20)16-11-9-21-7-6-17(11)14/h1-5H,6-9H2,(H,19,20). The molecule has 2 aromatic rings. The number of fused-ring (bicyclic) bond motifs is 1. The molecule has 0 unspecified atom stereocenters. The average molecular weight is 302 g/mol. The fourth-order valence-electron chi connectivity index (χ4n) is 2.25. The van der Waals surface area contributed by atoms with Crippen molar-refractivity contribution in [1.82, 2.24) is 9.55 Å². The van der Waals surface area contributed by atoms with E-state index in [2.05, 4.69) is 4.98 Å². The monoisotopic (exact) mass is 302 g/mol. The summed E-state index contributed by atoms with van der Waals surface area (Å²) in [7, 11) is 0. The number of carbonyl (C=O) groups is 1. The molecule has 1 aliphatic heterocycles. The summed E-state index contributed by atoms with van der Waals surface area (Å²) < 4.78 is 12.1. The van der Waals surface area contributed by atoms with E-state index in [-0.39, 0.29) is 24.7 Å². The zero-order valence-electron chi connectivity index (χ0n) is 11.7. The summed E-state index contributed by atoms with van der Waals surface area (Å²) in [6, 6.07) is 9.20. The molecule has 1 aromatic carbocycles. The number of benzene rings is 1. The molecule has 3 rings (SSSR count). The normalized spacial score (nSPS) is 13.5. The summed E-state index contributed by atoms with van der Waals surface area (Å²) in [5.74, 6) is -1.23. The van der Waals surface area contributed by atoms with Crippen LogP contribution in [0.25, 0.3) is 0 Å². The number of ether oxygens (including phenoxy) is 2. The number of hydrogen-bond acceptors (Lipinski definition) is 5. The summed E-state index contributed by atoms with van der Waals surface area (Å²) in [6.45, 7) is 0.949. The minimum atomic E-state index is -1.30. The minimum absolute atomic E-state index is 0.105. The molecule has 0 saturated carbocycles. The van der Waals surface area contributed by atoms with E-state index in [1.165, 1.54) is 4.57 Å². The zero-order chi connectivity index (χ0) is 15.5. The van der Waals surface area contributed by atoms with Crippen molar-refractivity contribution in [3.05, 3.63) is 57.8 Å². The lowest BCUT2D eigenvalue weighted by Gasteiger charge is -2.19. The molecule has 0 aliphatic carbocycles. The lowest BCUT2D eigenvalue weighted by molar-refractivity contribution is 0.0659. The highest BCUT2D eigenvalue weighted by Gasteiger charge is 2.24. The Hall–Kier alpha value is -2.67. The molecule has 22 heavy (non-hydrogen) atoms. The predicted octanol–water partition coefficient (Wildman–Crippen LogP) is 1.05. The van der Waals surface area contributed by atoms with Crippen molar-refractivity contribution in [3.63, 3.8) is 0 Å². The van der Waals surface area contributed by atoms with Gasteiger partial charge in [0.05, 0.1) is 13.2 Å². The lowest BCUT2D eigenvalue weighted by Crippen LogP contribution is -2.34. The number of aromatic nitrogens is 2. The van der Waals surface area contributed by atoms with Crippen molar-refractivity contribution in [2.45, 2.75) is 19.8 Å². The largest absolute Gasteiger partial charge is 0.481 e. The summed E-state index contributed by atoms with van der Waals surface area (Å²) in [5.41, 5.74) is -0.0244. The summed E-state index contributed by atoms with van der Waals surface area (Å²) in [6.07, 6.45) is 0.